The molecular formula is C11H12N4O2. The van der Waals surface area contributed by atoms with Crippen molar-refractivity contribution in [3.63, 3.8) is 0 Å². The maximum atomic E-state index is 10.9. The molecule has 2 N–H and O–H groups in total. The average molecular weight is 232 g/mol. The SMILES string of the molecule is CNc1nnc(-c2cccc(C(=O)O)c2)n1C. The Balaban J connectivity index is 2.49. The van der Waals surface area contributed by atoms with Gasteiger partial charge in [-0.25, -0.2) is 4.79 Å². The third kappa shape index (κ3) is 1.96. The first-order chi connectivity index (χ1) is 8.13. The van der Waals surface area contributed by atoms with Gasteiger partial charge >= 0.3 is 5.97 Å². The number of carboxylic acid groups (broad SMARTS) is 1. The number of hydrogen-bond acceptors (Lipinski definition) is 4. The lowest BCUT2D eigenvalue weighted by Crippen LogP contribution is -2.01. The fourth-order valence-corrected chi connectivity index (χ4v) is 1.59. The minimum atomic E-state index is -0.956. The summed E-state index contributed by atoms with van der Waals surface area (Å²) < 4.78 is 1.76. The van der Waals surface area contributed by atoms with E-state index in [2.05, 4.69) is 15.5 Å². The van der Waals surface area contributed by atoms with Crippen molar-refractivity contribution in [1.82, 2.24) is 14.8 Å². The van der Waals surface area contributed by atoms with Gasteiger partial charge in [-0.15, -0.1) is 10.2 Å². The molecule has 0 amide bonds. The van der Waals surface area contributed by atoms with Crippen LogP contribution in [0.3, 0.4) is 0 Å². The molecule has 0 radical (unpaired) electrons. The zero-order chi connectivity index (χ0) is 12.4. The summed E-state index contributed by atoms with van der Waals surface area (Å²) in [6.07, 6.45) is 0. The molecule has 0 saturated carbocycles. The molecule has 1 aromatic carbocycles. The van der Waals surface area contributed by atoms with Crippen LogP contribution in [0.15, 0.2) is 24.3 Å². The summed E-state index contributed by atoms with van der Waals surface area (Å²) in [4.78, 5) is 10.9. The second-order valence-corrected chi connectivity index (χ2v) is 3.54. The summed E-state index contributed by atoms with van der Waals surface area (Å²) in [7, 11) is 3.57. The van der Waals surface area contributed by atoms with E-state index in [1.807, 2.05) is 7.05 Å². The number of carboxylic acids is 1. The largest absolute Gasteiger partial charge is 0.478 e. The quantitative estimate of drug-likeness (QED) is 0.831. The lowest BCUT2D eigenvalue weighted by atomic mass is 10.1. The fourth-order valence-electron chi connectivity index (χ4n) is 1.59. The number of nitrogens with zero attached hydrogens (tertiary/aromatic N) is 3. The van der Waals surface area contributed by atoms with E-state index < -0.39 is 5.97 Å². The van der Waals surface area contributed by atoms with Gasteiger partial charge in [0.05, 0.1) is 5.56 Å². The average Bonchev–Trinajstić information content (AvgIpc) is 2.70. The van der Waals surface area contributed by atoms with Gasteiger partial charge in [-0.3, -0.25) is 4.57 Å². The van der Waals surface area contributed by atoms with Crippen molar-refractivity contribution in [2.45, 2.75) is 0 Å². The first kappa shape index (κ1) is 11.1. The molecule has 17 heavy (non-hydrogen) atoms. The zero-order valence-corrected chi connectivity index (χ0v) is 9.51. The van der Waals surface area contributed by atoms with Crippen molar-refractivity contribution in [2.24, 2.45) is 7.05 Å². The number of carbonyl (C=O) groups is 1. The molecule has 0 bridgehead atoms. The Morgan fingerprint density at radius 2 is 2.18 bits per heavy atom. The summed E-state index contributed by atoms with van der Waals surface area (Å²) in [5, 5.41) is 19.8. The van der Waals surface area contributed by atoms with E-state index >= 15 is 0 Å². The first-order valence-electron chi connectivity index (χ1n) is 5.04. The van der Waals surface area contributed by atoms with Gasteiger partial charge in [0, 0.05) is 19.7 Å². The van der Waals surface area contributed by atoms with Gasteiger partial charge in [-0.1, -0.05) is 12.1 Å². The van der Waals surface area contributed by atoms with Crippen molar-refractivity contribution < 1.29 is 9.90 Å². The molecular weight excluding hydrogens is 220 g/mol. The highest BCUT2D eigenvalue weighted by Gasteiger charge is 2.11. The lowest BCUT2D eigenvalue weighted by Gasteiger charge is -2.03. The zero-order valence-electron chi connectivity index (χ0n) is 9.51. The summed E-state index contributed by atoms with van der Waals surface area (Å²) in [6, 6.07) is 6.61. The number of hydrogen-bond donors (Lipinski definition) is 2. The van der Waals surface area contributed by atoms with Gasteiger partial charge < -0.3 is 10.4 Å². The highest BCUT2D eigenvalue weighted by Crippen LogP contribution is 2.20. The topological polar surface area (TPSA) is 80.0 Å². The molecule has 2 rings (SSSR count). The molecule has 0 aliphatic heterocycles. The monoisotopic (exact) mass is 232 g/mol. The van der Waals surface area contributed by atoms with E-state index in [0.29, 0.717) is 11.8 Å². The molecule has 1 aromatic heterocycles. The van der Waals surface area contributed by atoms with Gasteiger partial charge in [0.15, 0.2) is 5.82 Å². The molecule has 1 heterocycles. The Hall–Kier alpha value is -2.37. The molecule has 0 aliphatic carbocycles. The number of benzene rings is 1. The Kier molecular flexibility index (Phi) is 2.78. The van der Waals surface area contributed by atoms with Crippen LogP contribution in [-0.2, 0) is 7.05 Å². The van der Waals surface area contributed by atoms with Crippen molar-refractivity contribution in [3.8, 4) is 11.4 Å². The summed E-state index contributed by atoms with van der Waals surface area (Å²) >= 11 is 0. The number of rotatable bonds is 3. The highest BCUT2D eigenvalue weighted by molar-refractivity contribution is 5.89. The second-order valence-electron chi connectivity index (χ2n) is 3.54. The van der Waals surface area contributed by atoms with Crippen LogP contribution < -0.4 is 5.32 Å². The van der Waals surface area contributed by atoms with Gasteiger partial charge in [-0.05, 0) is 12.1 Å². The second kappa shape index (κ2) is 4.25. The number of aromatic nitrogens is 3. The Morgan fingerprint density at radius 3 is 2.76 bits per heavy atom. The minimum Gasteiger partial charge on any atom is -0.478 e. The van der Waals surface area contributed by atoms with Crippen LogP contribution in [-0.4, -0.2) is 32.9 Å². The van der Waals surface area contributed by atoms with Crippen LogP contribution in [0.4, 0.5) is 5.95 Å². The van der Waals surface area contributed by atoms with Crippen LogP contribution in [0.5, 0.6) is 0 Å². The predicted molar refractivity (Wildman–Crippen MR) is 62.9 cm³/mol. The number of aromatic carboxylic acids is 1. The molecule has 0 fully saturated rings. The molecule has 0 atom stereocenters. The van der Waals surface area contributed by atoms with E-state index in [-0.39, 0.29) is 5.56 Å². The first-order valence-corrected chi connectivity index (χ1v) is 5.04. The highest BCUT2D eigenvalue weighted by atomic mass is 16.4. The van der Waals surface area contributed by atoms with Gasteiger partial charge in [0.25, 0.3) is 0 Å². The molecule has 6 heteroatoms. The molecule has 6 nitrogen and oxygen atoms in total. The van der Waals surface area contributed by atoms with E-state index in [1.54, 1.807) is 35.9 Å². The van der Waals surface area contributed by atoms with Crippen molar-refractivity contribution in [2.75, 3.05) is 12.4 Å². The van der Waals surface area contributed by atoms with Crippen molar-refractivity contribution >= 4 is 11.9 Å². The van der Waals surface area contributed by atoms with Crippen LogP contribution >= 0.6 is 0 Å². The number of nitrogens with one attached hydrogen (secondary N) is 1. The maximum absolute atomic E-state index is 10.9. The van der Waals surface area contributed by atoms with E-state index in [4.69, 9.17) is 5.11 Å². The molecule has 88 valence electrons. The Bertz CT molecular complexity index is 562. The summed E-state index contributed by atoms with van der Waals surface area (Å²) in [6.45, 7) is 0. The molecule has 2 aromatic rings. The number of anilines is 1. The predicted octanol–water partition coefficient (Wildman–Crippen LogP) is 1.22. The standard InChI is InChI=1S/C11H12N4O2/c1-12-11-14-13-9(15(11)2)7-4-3-5-8(6-7)10(16)17/h3-6H,1-2H3,(H,12,14)(H,16,17). The van der Waals surface area contributed by atoms with E-state index in [9.17, 15) is 4.79 Å². The van der Waals surface area contributed by atoms with Gasteiger partial charge in [0.1, 0.15) is 0 Å². The lowest BCUT2D eigenvalue weighted by molar-refractivity contribution is 0.0697. The van der Waals surface area contributed by atoms with Crippen LogP contribution in [0.2, 0.25) is 0 Å². The van der Waals surface area contributed by atoms with Crippen LogP contribution in [0.1, 0.15) is 10.4 Å². The van der Waals surface area contributed by atoms with Crippen LogP contribution in [0.25, 0.3) is 11.4 Å². The molecule has 0 aliphatic rings. The summed E-state index contributed by atoms with van der Waals surface area (Å²) in [5.74, 6) is 0.293. The third-order valence-corrected chi connectivity index (χ3v) is 2.47. The third-order valence-electron chi connectivity index (χ3n) is 2.47. The van der Waals surface area contributed by atoms with Crippen LogP contribution in [0, 0.1) is 0 Å². The maximum Gasteiger partial charge on any atom is 0.335 e. The Labute approximate surface area is 97.9 Å². The van der Waals surface area contributed by atoms with E-state index in [0.717, 1.165) is 5.56 Å². The smallest absolute Gasteiger partial charge is 0.335 e. The Morgan fingerprint density at radius 1 is 1.41 bits per heavy atom. The van der Waals surface area contributed by atoms with Crippen molar-refractivity contribution in [3.05, 3.63) is 29.8 Å². The molecule has 0 unspecified atom stereocenters. The minimum absolute atomic E-state index is 0.233. The van der Waals surface area contributed by atoms with Gasteiger partial charge in [0.2, 0.25) is 5.95 Å². The molecule has 0 saturated heterocycles. The normalized spacial score (nSPS) is 10.2. The van der Waals surface area contributed by atoms with Gasteiger partial charge in [-0.2, -0.15) is 0 Å². The molecule has 0 spiro atoms. The van der Waals surface area contributed by atoms with E-state index in [1.165, 1.54) is 0 Å². The summed E-state index contributed by atoms with van der Waals surface area (Å²) in [5.41, 5.74) is 0.956. The van der Waals surface area contributed by atoms with Crippen molar-refractivity contribution in [1.29, 1.82) is 0 Å². The fraction of sp³-hybridized carbons (Fsp3) is 0.182.